The summed E-state index contributed by atoms with van der Waals surface area (Å²) in [5.74, 6) is 0. The summed E-state index contributed by atoms with van der Waals surface area (Å²) in [7, 11) is 1.69. The van der Waals surface area contributed by atoms with E-state index in [1.54, 1.807) is 0 Å². The summed E-state index contributed by atoms with van der Waals surface area (Å²) in [5.41, 5.74) is 0.473. The van der Waals surface area contributed by atoms with Gasteiger partial charge in [0.25, 0.3) is 0 Å². The SMILES string of the molecule is Cn1cc(Br)c(B2OC(C)(C)C(C)(C)O2)c1. The van der Waals surface area contributed by atoms with Gasteiger partial charge >= 0.3 is 7.12 Å². The Balaban J connectivity index is 2.30. The predicted molar refractivity (Wildman–Crippen MR) is 68.8 cm³/mol. The van der Waals surface area contributed by atoms with Crippen molar-refractivity contribution in [2.45, 2.75) is 38.9 Å². The lowest BCUT2D eigenvalue weighted by Gasteiger charge is -2.32. The Bertz CT molecular complexity index is 398. The summed E-state index contributed by atoms with van der Waals surface area (Å²) in [4.78, 5) is 0. The largest absolute Gasteiger partial charge is 0.497 e. The van der Waals surface area contributed by atoms with E-state index in [1.165, 1.54) is 0 Å². The molecular weight excluding hydrogens is 269 g/mol. The van der Waals surface area contributed by atoms with Gasteiger partial charge in [0.15, 0.2) is 0 Å². The van der Waals surface area contributed by atoms with Crippen molar-refractivity contribution in [3.8, 4) is 0 Å². The lowest BCUT2D eigenvalue weighted by Crippen LogP contribution is -2.41. The molecule has 1 saturated heterocycles. The van der Waals surface area contributed by atoms with Crippen LogP contribution in [0.3, 0.4) is 0 Å². The lowest BCUT2D eigenvalue weighted by molar-refractivity contribution is 0.00578. The zero-order valence-corrected chi connectivity index (χ0v) is 12.0. The maximum absolute atomic E-state index is 5.98. The number of aryl methyl sites for hydroxylation is 1. The first-order valence-electron chi connectivity index (χ1n) is 5.40. The van der Waals surface area contributed by atoms with E-state index in [1.807, 2.05) is 24.0 Å². The van der Waals surface area contributed by atoms with Gasteiger partial charge in [-0.2, -0.15) is 0 Å². The molecule has 5 heteroatoms. The smallest absolute Gasteiger partial charge is 0.399 e. The minimum absolute atomic E-state index is 0.285. The van der Waals surface area contributed by atoms with E-state index in [2.05, 4.69) is 43.6 Å². The molecule has 1 aromatic heterocycles. The van der Waals surface area contributed by atoms with Crippen molar-refractivity contribution in [1.29, 1.82) is 0 Å². The van der Waals surface area contributed by atoms with Crippen molar-refractivity contribution < 1.29 is 9.31 Å². The number of halogens is 1. The number of hydrogen-bond donors (Lipinski definition) is 0. The van der Waals surface area contributed by atoms with Crippen LogP contribution in [0.4, 0.5) is 0 Å². The predicted octanol–water partition coefficient (Wildman–Crippen LogP) is 2.09. The normalized spacial score (nSPS) is 22.8. The zero-order valence-electron chi connectivity index (χ0n) is 10.4. The highest BCUT2D eigenvalue weighted by Crippen LogP contribution is 2.36. The maximum atomic E-state index is 5.98. The molecule has 0 saturated carbocycles. The van der Waals surface area contributed by atoms with E-state index in [9.17, 15) is 0 Å². The molecule has 2 heterocycles. The van der Waals surface area contributed by atoms with Crippen LogP contribution in [0.2, 0.25) is 0 Å². The first kappa shape index (κ1) is 12.2. The van der Waals surface area contributed by atoms with Crippen molar-refractivity contribution in [2.24, 2.45) is 7.05 Å². The van der Waals surface area contributed by atoms with Crippen LogP contribution in [-0.2, 0) is 16.4 Å². The van der Waals surface area contributed by atoms with Gasteiger partial charge < -0.3 is 13.9 Å². The Kier molecular flexibility index (Phi) is 2.76. The second-order valence-electron chi connectivity index (χ2n) is 5.32. The van der Waals surface area contributed by atoms with Gasteiger partial charge in [0.05, 0.1) is 11.2 Å². The highest BCUT2D eigenvalue weighted by Gasteiger charge is 2.52. The average molecular weight is 286 g/mol. The summed E-state index contributed by atoms with van der Waals surface area (Å²) >= 11 is 3.52. The number of rotatable bonds is 1. The van der Waals surface area contributed by atoms with Gasteiger partial charge in [-0.25, -0.2) is 0 Å². The molecule has 0 N–H and O–H groups in total. The third-order valence-corrected chi connectivity index (χ3v) is 4.11. The molecule has 2 rings (SSSR count). The van der Waals surface area contributed by atoms with Crippen LogP contribution in [0.1, 0.15) is 27.7 Å². The Hall–Kier alpha value is -0.255. The molecule has 1 aliphatic rings. The standard InChI is InChI=1S/C11H17BBrNO2/c1-10(2)11(3,4)16-12(15-10)8-6-14(5)7-9(8)13/h6-7H,1-5H3. The van der Waals surface area contributed by atoms with Crippen LogP contribution < -0.4 is 5.46 Å². The number of aromatic nitrogens is 1. The number of nitrogens with zero attached hydrogens (tertiary/aromatic N) is 1. The average Bonchev–Trinajstić information content (AvgIpc) is 2.51. The fourth-order valence-corrected chi connectivity index (χ4v) is 2.33. The van der Waals surface area contributed by atoms with Crippen LogP contribution in [-0.4, -0.2) is 22.9 Å². The summed E-state index contributed by atoms with van der Waals surface area (Å²) in [6.45, 7) is 8.24. The molecule has 0 bridgehead atoms. The molecule has 1 fully saturated rings. The Morgan fingerprint density at radius 1 is 1.12 bits per heavy atom. The summed E-state index contributed by atoms with van der Waals surface area (Å²) < 4.78 is 15.0. The topological polar surface area (TPSA) is 23.4 Å². The molecule has 0 unspecified atom stereocenters. The quantitative estimate of drug-likeness (QED) is 0.738. The van der Waals surface area contributed by atoms with Crippen LogP contribution in [0, 0.1) is 0 Å². The molecule has 88 valence electrons. The monoisotopic (exact) mass is 285 g/mol. The highest BCUT2D eigenvalue weighted by molar-refractivity contribution is 9.10. The van der Waals surface area contributed by atoms with Gasteiger partial charge in [0.1, 0.15) is 0 Å². The van der Waals surface area contributed by atoms with E-state index in [0.29, 0.717) is 0 Å². The van der Waals surface area contributed by atoms with Crippen LogP contribution in [0.15, 0.2) is 16.9 Å². The molecule has 0 spiro atoms. The molecule has 0 radical (unpaired) electrons. The highest BCUT2D eigenvalue weighted by atomic mass is 79.9. The molecule has 16 heavy (non-hydrogen) atoms. The van der Waals surface area contributed by atoms with Gasteiger partial charge in [0, 0.05) is 29.4 Å². The van der Waals surface area contributed by atoms with Crippen molar-refractivity contribution in [2.75, 3.05) is 0 Å². The van der Waals surface area contributed by atoms with Crippen molar-refractivity contribution in [3.05, 3.63) is 16.9 Å². The van der Waals surface area contributed by atoms with Gasteiger partial charge in [-0.1, -0.05) is 0 Å². The molecule has 0 atom stereocenters. The fourth-order valence-electron chi connectivity index (χ4n) is 1.72. The van der Waals surface area contributed by atoms with Gasteiger partial charge in [-0.05, 0) is 43.6 Å². The van der Waals surface area contributed by atoms with E-state index in [0.717, 1.165) is 9.94 Å². The summed E-state index contributed by atoms with van der Waals surface area (Å²) in [6.07, 6.45) is 4.02. The van der Waals surface area contributed by atoms with Gasteiger partial charge in [-0.3, -0.25) is 0 Å². The number of hydrogen-bond acceptors (Lipinski definition) is 2. The van der Waals surface area contributed by atoms with E-state index in [4.69, 9.17) is 9.31 Å². The van der Waals surface area contributed by atoms with Gasteiger partial charge in [0.2, 0.25) is 0 Å². The Morgan fingerprint density at radius 3 is 2.00 bits per heavy atom. The van der Waals surface area contributed by atoms with Crippen molar-refractivity contribution in [3.63, 3.8) is 0 Å². The van der Waals surface area contributed by atoms with Crippen LogP contribution in [0.5, 0.6) is 0 Å². The molecule has 0 amide bonds. The van der Waals surface area contributed by atoms with Crippen molar-refractivity contribution >= 4 is 28.5 Å². The van der Waals surface area contributed by atoms with Crippen LogP contribution in [0.25, 0.3) is 0 Å². The summed E-state index contributed by atoms with van der Waals surface area (Å²) in [5, 5.41) is 0. The molecule has 0 aromatic carbocycles. The second-order valence-corrected chi connectivity index (χ2v) is 6.17. The molecule has 0 aliphatic carbocycles. The maximum Gasteiger partial charge on any atom is 0.497 e. The van der Waals surface area contributed by atoms with Gasteiger partial charge in [-0.15, -0.1) is 0 Å². The first-order valence-corrected chi connectivity index (χ1v) is 6.19. The summed E-state index contributed by atoms with van der Waals surface area (Å²) in [6, 6.07) is 0. The third kappa shape index (κ3) is 1.85. The minimum Gasteiger partial charge on any atom is -0.399 e. The Labute approximate surface area is 105 Å². The minimum atomic E-state index is -0.291. The van der Waals surface area contributed by atoms with E-state index in [-0.39, 0.29) is 18.3 Å². The molecule has 1 aromatic rings. The molecular formula is C11H17BBrNO2. The third-order valence-electron chi connectivity index (χ3n) is 3.44. The zero-order chi connectivity index (χ0) is 12.1. The molecule has 3 nitrogen and oxygen atoms in total. The lowest BCUT2D eigenvalue weighted by atomic mass is 9.81. The second kappa shape index (κ2) is 3.62. The Morgan fingerprint density at radius 2 is 1.62 bits per heavy atom. The first-order chi connectivity index (χ1) is 7.23. The van der Waals surface area contributed by atoms with E-state index < -0.39 is 0 Å². The fraction of sp³-hybridized carbons (Fsp3) is 0.636. The van der Waals surface area contributed by atoms with Crippen LogP contribution >= 0.6 is 15.9 Å². The van der Waals surface area contributed by atoms with E-state index >= 15 is 0 Å². The molecule has 1 aliphatic heterocycles. The van der Waals surface area contributed by atoms with Crippen molar-refractivity contribution in [1.82, 2.24) is 4.57 Å².